The van der Waals surface area contributed by atoms with Gasteiger partial charge in [-0.1, -0.05) is 13.3 Å². The monoisotopic (exact) mass is 274 g/mol. The summed E-state index contributed by atoms with van der Waals surface area (Å²) in [6, 6.07) is -0.130. The number of thioether (sulfide) groups is 1. The first-order valence-electron chi connectivity index (χ1n) is 6.98. The van der Waals surface area contributed by atoms with E-state index < -0.39 is 0 Å². The first-order valence-corrected chi connectivity index (χ1v) is 8.13. The molecule has 5 heteroatoms. The number of nitrogens with zero attached hydrogens (tertiary/aromatic N) is 1. The van der Waals surface area contributed by atoms with Gasteiger partial charge in [-0.05, 0) is 13.3 Å². The first kappa shape index (κ1) is 15.8. The maximum Gasteiger partial charge on any atom is 0.323 e. The molecule has 0 radical (unpaired) electrons. The minimum atomic E-state index is -0.130. The number of nitrogens with one attached hydrogen (secondary N) is 1. The predicted molar refractivity (Wildman–Crippen MR) is 77.1 cm³/mol. The van der Waals surface area contributed by atoms with Gasteiger partial charge in [0, 0.05) is 37.7 Å². The van der Waals surface area contributed by atoms with Gasteiger partial charge in [0.1, 0.15) is 6.04 Å². The maximum atomic E-state index is 11.7. The summed E-state index contributed by atoms with van der Waals surface area (Å²) in [4.78, 5) is 14.2. The number of ether oxygens (including phenoxy) is 1. The number of carbonyl (C=O) groups excluding carboxylic acids is 1. The van der Waals surface area contributed by atoms with Gasteiger partial charge in [-0.3, -0.25) is 4.79 Å². The Kier molecular flexibility index (Phi) is 8.46. The Balaban J connectivity index is 2.21. The summed E-state index contributed by atoms with van der Waals surface area (Å²) in [7, 11) is 0. The quantitative estimate of drug-likeness (QED) is 0.677. The van der Waals surface area contributed by atoms with Crippen LogP contribution >= 0.6 is 11.8 Å². The molecule has 4 nitrogen and oxygen atoms in total. The Hall–Kier alpha value is -0.260. The molecule has 0 amide bonds. The summed E-state index contributed by atoms with van der Waals surface area (Å²) in [5.41, 5.74) is 0. The van der Waals surface area contributed by atoms with E-state index in [1.165, 1.54) is 24.6 Å². The zero-order chi connectivity index (χ0) is 13.2. The van der Waals surface area contributed by atoms with E-state index in [9.17, 15) is 4.79 Å². The number of hydrogen-bond acceptors (Lipinski definition) is 5. The van der Waals surface area contributed by atoms with E-state index in [0.717, 1.165) is 25.9 Å². The van der Waals surface area contributed by atoms with Crippen LogP contribution in [0.15, 0.2) is 0 Å². The molecule has 1 fully saturated rings. The maximum absolute atomic E-state index is 11.7. The Morgan fingerprint density at radius 3 is 2.72 bits per heavy atom. The molecule has 1 unspecified atom stereocenters. The summed E-state index contributed by atoms with van der Waals surface area (Å²) in [5.74, 6) is 2.36. The Morgan fingerprint density at radius 2 is 2.11 bits per heavy atom. The van der Waals surface area contributed by atoms with E-state index in [1.807, 2.05) is 18.7 Å². The van der Waals surface area contributed by atoms with Crippen molar-refractivity contribution in [3.8, 4) is 0 Å². The van der Waals surface area contributed by atoms with Crippen molar-refractivity contribution in [2.45, 2.75) is 32.7 Å². The molecule has 1 aliphatic rings. The van der Waals surface area contributed by atoms with Crippen LogP contribution in [0.5, 0.6) is 0 Å². The molecule has 106 valence electrons. The highest BCUT2D eigenvalue weighted by Crippen LogP contribution is 2.08. The van der Waals surface area contributed by atoms with Crippen molar-refractivity contribution >= 4 is 17.7 Å². The second kappa shape index (κ2) is 9.64. The number of hydrogen-bond donors (Lipinski definition) is 1. The molecular formula is C13H26N2O2S. The SMILES string of the molecule is CCCC(NCCN1CCSCC1)C(=O)OCC. The van der Waals surface area contributed by atoms with E-state index in [2.05, 4.69) is 17.1 Å². The molecule has 1 N–H and O–H groups in total. The summed E-state index contributed by atoms with van der Waals surface area (Å²) in [6.07, 6.45) is 1.85. The van der Waals surface area contributed by atoms with Crippen molar-refractivity contribution in [2.75, 3.05) is 44.3 Å². The third-order valence-electron chi connectivity index (χ3n) is 3.07. The highest BCUT2D eigenvalue weighted by atomic mass is 32.2. The Morgan fingerprint density at radius 1 is 1.39 bits per heavy atom. The lowest BCUT2D eigenvalue weighted by Gasteiger charge is -2.27. The fourth-order valence-corrected chi connectivity index (χ4v) is 3.04. The van der Waals surface area contributed by atoms with E-state index >= 15 is 0 Å². The van der Waals surface area contributed by atoms with Crippen LogP contribution in [0.1, 0.15) is 26.7 Å². The summed E-state index contributed by atoms with van der Waals surface area (Å²) in [6.45, 7) is 8.65. The normalized spacial score (nSPS) is 18.6. The molecule has 0 aliphatic carbocycles. The molecule has 0 aromatic carbocycles. The molecule has 1 saturated heterocycles. The van der Waals surface area contributed by atoms with Crippen molar-refractivity contribution in [3.05, 3.63) is 0 Å². The van der Waals surface area contributed by atoms with Crippen molar-refractivity contribution in [1.82, 2.24) is 10.2 Å². The van der Waals surface area contributed by atoms with Crippen LogP contribution in [-0.2, 0) is 9.53 Å². The average molecular weight is 274 g/mol. The average Bonchev–Trinajstić information content (AvgIpc) is 2.39. The molecular weight excluding hydrogens is 248 g/mol. The lowest BCUT2D eigenvalue weighted by molar-refractivity contribution is -0.145. The van der Waals surface area contributed by atoms with Crippen molar-refractivity contribution in [3.63, 3.8) is 0 Å². The smallest absolute Gasteiger partial charge is 0.323 e. The highest BCUT2D eigenvalue weighted by molar-refractivity contribution is 7.99. The fourth-order valence-electron chi connectivity index (χ4n) is 2.06. The van der Waals surface area contributed by atoms with Gasteiger partial charge in [0.25, 0.3) is 0 Å². The number of carbonyl (C=O) groups is 1. The van der Waals surface area contributed by atoms with Crippen LogP contribution in [-0.4, -0.2) is 61.2 Å². The molecule has 18 heavy (non-hydrogen) atoms. The van der Waals surface area contributed by atoms with Gasteiger partial charge in [0.05, 0.1) is 6.61 Å². The summed E-state index contributed by atoms with van der Waals surface area (Å²) < 4.78 is 5.08. The molecule has 1 atom stereocenters. The lowest BCUT2D eigenvalue weighted by atomic mass is 10.1. The molecule has 1 heterocycles. The topological polar surface area (TPSA) is 41.6 Å². The Labute approximate surface area is 115 Å². The van der Waals surface area contributed by atoms with Crippen molar-refractivity contribution < 1.29 is 9.53 Å². The van der Waals surface area contributed by atoms with Crippen LogP contribution in [0.25, 0.3) is 0 Å². The van der Waals surface area contributed by atoms with E-state index in [1.54, 1.807) is 0 Å². The molecule has 1 aliphatic heterocycles. The van der Waals surface area contributed by atoms with Crippen LogP contribution in [0.3, 0.4) is 0 Å². The van der Waals surface area contributed by atoms with Crippen LogP contribution in [0.4, 0.5) is 0 Å². The third kappa shape index (κ3) is 6.07. The standard InChI is InChI=1S/C13H26N2O2S/c1-3-5-12(13(16)17-4-2)14-6-7-15-8-10-18-11-9-15/h12,14H,3-11H2,1-2H3. The molecule has 0 bridgehead atoms. The zero-order valence-electron chi connectivity index (χ0n) is 11.6. The van der Waals surface area contributed by atoms with E-state index in [0.29, 0.717) is 6.61 Å². The minimum Gasteiger partial charge on any atom is -0.465 e. The predicted octanol–water partition coefficient (Wildman–Crippen LogP) is 1.36. The van der Waals surface area contributed by atoms with Crippen molar-refractivity contribution in [2.24, 2.45) is 0 Å². The Bertz CT molecular complexity index is 233. The highest BCUT2D eigenvalue weighted by Gasteiger charge is 2.18. The molecule has 1 rings (SSSR count). The van der Waals surface area contributed by atoms with Crippen molar-refractivity contribution in [1.29, 1.82) is 0 Å². The van der Waals surface area contributed by atoms with Gasteiger partial charge in [0.2, 0.25) is 0 Å². The van der Waals surface area contributed by atoms with Crippen LogP contribution < -0.4 is 5.32 Å². The second-order valence-electron chi connectivity index (χ2n) is 4.50. The second-order valence-corrected chi connectivity index (χ2v) is 5.73. The van der Waals surface area contributed by atoms with E-state index in [4.69, 9.17) is 4.74 Å². The zero-order valence-corrected chi connectivity index (χ0v) is 12.4. The van der Waals surface area contributed by atoms with E-state index in [-0.39, 0.29) is 12.0 Å². The fraction of sp³-hybridized carbons (Fsp3) is 0.923. The minimum absolute atomic E-state index is 0.103. The van der Waals surface area contributed by atoms with Gasteiger partial charge in [-0.2, -0.15) is 11.8 Å². The van der Waals surface area contributed by atoms with Crippen LogP contribution in [0.2, 0.25) is 0 Å². The third-order valence-corrected chi connectivity index (χ3v) is 4.01. The van der Waals surface area contributed by atoms with Gasteiger partial charge >= 0.3 is 5.97 Å². The molecule has 0 spiro atoms. The first-order chi connectivity index (χ1) is 8.77. The summed E-state index contributed by atoms with van der Waals surface area (Å²) >= 11 is 2.02. The van der Waals surface area contributed by atoms with Crippen LogP contribution in [0, 0.1) is 0 Å². The molecule has 0 aromatic heterocycles. The van der Waals surface area contributed by atoms with Gasteiger partial charge in [0.15, 0.2) is 0 Å². The van der Waals surface area contributed by atoms with Gasteiger partial charge < -0.3 is 15.0 Å². The largest absolute Gasteiger partial charge is 0.465 e. The van der Waals surface area contributed by atoms with Gasteiger partial charge in [-0.25, -0.2) is 0 Å². The number of esters is 1. The van der Waals surface area contributed by atoms with Gasteiger partial charge in [-0.15, -0.1) is 0 Å². The molecule has 0 saturated carbocycles. The summed E-state index contributed by atoms with van der Waals surface area (Å²) in [5, 5.41) is 3.33. The molecule has 0 aromatic rings. The lowest BCUT2D eigenvalue weighted by Crippen LogP contribution is -2.43. The number of rotatable bonds is 8.